The fourth-order valence-electron chi connectivity index (χ4n) is 1.33. The van der Waals surface area contributed by atoms with Crippen molar-refractivity contribution >= 4 is 6.29 Å². The summed E-state index contributed by atoms with van der Waals surface area (Å²) in [6.07, 6.45) is 2.94. The molecule has 1 aromatic carbocycles. The van der Waals surface area contributed by atoms with Crippen LogP contribution in [-0.2, 0) is 17.6 Å². The summed E-state index contributed by atoms with van der Waals surface area (Å²) >= 11 is 0. The Morgan fingerprint density at radius 1 is 1.23 bits per heavy atom. The van der Waals surface area contributed by atoms with Crippen LogP contribution in [0.5, 0.6) is 0 Å². The Labute approximate surface area is 79.8 Å². The summed E-state index contributed by atoms with van der Waals surface area (Å²) < 4.78 is 0. The molecule has 0 radical (unpaired) electrons. The molecule has 0 amide bonds. The summed E-state index contributed by atoms with van der Waals surface area (Å²) in [5, 5.41) is 0. The zero-order valence-electron chi connectivity index (χ0n) is 8.29. The third-order valence-corrected chi connectivity index (χ3v) is 2.22. The molecule has 0 aromatic heterocycles. The lowest BCUT2D eigenvalue weighted by molar-refractivity contribution is -0.110. The fraction of sp³-hybridized carbons (Fsp3) is 0.417. The summed E-state index contributed by atoms with van der Waals surface area (Å²) in [5.74, 6) is 0.132. The van der Waals surface area contributed by atoms with Crippen molar-refractivity contribution < 1.29 is 4.79 Å². The number of carbonyl (C=O) groups excluding carboxylic acids is 1. The molecule has 70 valence electrons. The summed E-state index contributed by atoms with van der Waals surface area (Å²) in [5.41, 5.74) is 2.60. The molecule has 1 nitrogen and oxygen atoms in total. The number of rotatable bonds is 4. The Kier molecular flexibility index (Phi) is 3.69. The van der Waals surface area contributed by atoms with Gasteiger partial charge in [-0.05, 0) is 24.0 Å². The van der Waals surface area contributed by atoms with Crippen LogP contribution in [0.15, 0.2) is 24.3 Å². The van der Waals surface area contributed by atoms with Crippen molar-refractivity contribution in [3.63, 3.8) is 0 Å². The first kappa shape index (κ1) is 9.97. The summed E-state index contributed by atoms with van der Waals surface area (Å²) in [7, 11) is 0. The highest BCUT2D eigenvalue weighted by atomic mass is 16.1. The smallest absolute Gasteiger partial charge is 0.123 e. The van der Waals surface area contributed by atoms with E-state index in [-0.39, 0.29) is 5.92 Å². The molecule has 0 N–H and O–H groups in total. The Morgan fingerprint density at radius 2 is 1.77 bits per heavy atom. The topological polar surface area (TPSA) is 17.1 Å². The van der Waals surface area contributed by atoms with Gasteiger partial charge in [-0.15, -0.1) is 0 Å². The SMILES string of the molecule is CCc1ccc(CC(C)C=O)cc1. The van der Waals surface area contributed by atoms with Gasteiger partial charge in [-0.1, -0.05) is 38.1 Å². The first-order chi connectivity index (χ1) is 6.26. The third kappa shape index (κ3) is 3.02. The van der Waals surface area contributed by atoms with E-state index in [4.69, 9.17) is 0 Å². The van der Waals surface area contributed by atoms with E-state index in [1.54, 1.807) is 0 Å². The van der Waals surface area contributed by atoms with Crippen LogP contribution in [-0.4, -0.2) is 6.29 Å². The molecule has 1 heteroatoms. The van der Waals surface area contributed by atoms with Crippen LogP contribution in [0.25, 0.3) is 0 Å². The first-order valence-corrected chi connectivity index (χ1v) is 4.79. The van der Waals surface area contributed by atoms with E-state index in [2.05, 4.69) is 31.2 Å². The van der Waals surface area contributed by atoms with Crippen LogP contribution < -0.4 is 0 Å². The minimum atomic E-state index is 0.132. The van der Waals surface area contributed by atoms with Crippen LogP contribution in [0, 0.1) is 5.92 Å². The molecule has 1 aromatic rings. The van der Waals surface area contributed by atoms with Gasteiger partial charge >= 0.3 is 0 Å². The summed E-state index contributed by atoms with van der Waals surface area (Å²) in [4.78, 5) is 10.4. The Morgan fingerprint density at radius 3 is 2.23 bits per heavy atom. The molecule has 1 atom stereocenters. The lowest BCUT2D eigenvalue weighted by atomic mass is 10.0. The van der Waals surface area contributed by atoms with Gasteiger partial charge in [0.05, 0.1) is 0 Å². The maximum atomic E-state index is 10.4. The molecule has 0 aliphatic carbocycles. The van der Waals surface area contributed by atoms with Crippen LogP contribution in [0.4, 0.5) is 0 Å². The van der Waals surface area contributed by atoms with Gasteiger partial charge in [-0.2, -0.15) is 0 Å². The molecule has 1 rings (SSSR count). The molecule has 0 heterocycles. The number of benzene rings is 1. The molecule has 0 spiro atoms. The summed E-state index contributed by atoms with van der Waals surface area (Å²) in [6.45, 7) is 4.09. The van der Waals surface area contributed by atoms with Gasteiger partial charge in [-0.3, -0.25) is 0 Å². The quantitative estimate of drug-likeness (QED) is 0.644. The maximum absolute atomic E-state index is 10.4. The van der Waals surface area contributed by atoms with Gasteiger partial charge in [-0.25, -0.2) is 0 Å². The molecular formula is C12H16O. The van der Waals surface area contributed by atoms with Gasteiger partial charge < -0.3 is 4.79 Å². The average Bonchev–Trinajstić information content (AvgIpc) is 2.19. The van der Waals surface area contributed by atoms with Crippen LogP contribution in [0.1, 0.15) is 25.0 Å². The lowest BCUT2D eigenvalue weighted by Gasteiger charge is -2.04. The van der Waals surface area contributed by atoms with Gasteiger partial charge in [0.1, 0.15) is 6.29 Å². The minimum Gasteiger partial charge on any atom is -0.303 e. The Balaban J connectivity index is 2.63. The molecule has 0 aliphatic rings. The lowest BCUT2D eigenvalue weighted by Crippen LogP contribution is -2.00. The first-order valence-electron chi connectivity index (χ1n) is 4.79. The number of hydrogen-bond acceptors (Lipinski definition) is 1. The predicted molar refractivity (Wildman–Crippen MR) is 54.8 cm³/mol. The fourth-order valence-corrected chi connectivity index (χ4v) is 1.33. The van der Waals surface area contributed by atoms with Crippen molar-refractivity contribution in [2.24, 2.45) is 5.92 Å². The molecule has 0 saturated carbocycles. The minimum absolute atomic E-state index is 0.132. The van der Waals surface area contributed by atoms with Crippen molar-refractivity contribution in [3.8, 4) is 0 Å². The van der Waals surface area contributed by atoms with Gasteiger partial charge in [0.2, 0.25) is 0 Å². The van der Waals surface area contributed by atoms with E-state index >= 15 is 0 Å². The molecular weight excluding hydrogens is 160 g/mol. The van der Waals surface area contributed by atoms with Crippen molar-refractivity contribution in [1.82, 2.24) is 0 Å². The number of hydrogen-bond donors (Lipinski definition) is 0. The summed E-state index contributed by atoms with van der Waals surface area (Å²) in [6, 6.07) is 8.48. The van der Waals surface area contributed by atoms with Crippen LogP contribution in [0.2, 0.25) is 0 Å². The van der Waals surface area contributed by atoms with E-state index in [0.29, 0.717) is 0 Å². The molecule has 0 aliphatic heterocycles. The second-order valence-electron chi connectivity index (χ2n) is 3.49. The second kappa shape index (κ2) is 4.80. The zero-order chi connectivity index (χ0) is 9.68. The van der Waals surface area contributed by atoms with Crippen LogP contribution >= 0.6 is 0 Å². The molecule has 0 saturated heterocycles. The third-order valence-electron chi connectivity index (χ3n) is 2.22. The van der Waals surface area contributed by atoms with Crippen molar-refractivity contribution in [3.05, 3.63) is 35.4 Å². The Bertz CT molecular complexity index is 261. The average molecular weight is 176 g/mol. The number of carbonyl (C=O) groups is 1. The maximum Gasteiger partial charge on any atom is 0.123 e. The molecule has 0 fully saturated rings. The van der Waals surface area contributed by atoms with E-state index < -0.39 is 0 Å². The molecule has 1 unspecified atom stereocenters. The monoisotopic (exact) mass is 176 g/mol. The second-order valence-corrected chi connectivity index (χ2v) is 3.49. The Hall–Kier alpha value is -1.11. The largest absolute Gasteiger partial charge is 0.303 e. The zero-order valence-corrected chi connectivity index (χ0v) is 8.29. The number of aldehydes is 1. The van der Waals surface area contributed by atoms with Crippen molar-refractivity contribution in [1.29, 1.82) is 0 Å². The van der Waals surface area contributed by atoms with E-state index in [0.717, 1.165) is 19.1 Å². The van der Waals surface area contributed by atoms with E-state index in [9.17, 15) is 4.79 Å². The normalized spacial score (nSPS) is 12.5. The van der Waals surface area contributed by atoms with E-state index in [1.807, 2.05) is 6.92 Å². The highest BCUT2D eigenvalue weighted by Crippen LogP contribution is 2.09. The van der Waals surface area contributed by atoms with Crippen molar-refractivity contribution in [2.75, 3.05) is 0 Å². The van der Waals surface area contributed by atoms with Gasteiger partial charge in [0, 0.05) is 5.92 Å². The molecule has 13 heavy (non-hydrogen) atoms. The van der Waals surface area contributed by atoms with Crippen LogP contribution in [0.3, 0.4) is 0 Å². The highest BCUT2D eigenvalue weighted by Gasteiger charge is 2.00. The molecule has 0 bridgehead atoms. The van der Waals surface area contributed by atoms with Gasteiger partial charge in [0.25, 0.3) is 0 Å². The predicted octanol–water partition coefficient (Wildman–Crippen LogP) is 2.63. The van der Waals surface area contributed by atoms with Gasteiger partial charge in [0.15, 0.2) is 0 Å². The number of aryl methyl sites for hydroxylation is 1. The standard InChI is InChI=1S/C12H16O/c1-3-11-4-6-12(7-5-11)8-10(2)9-13/h4-7,9-10H,3,8H2,1-2H3. The highest BCUT2D eigenvalue weighted by molar-refractivity contribution is 5.53. The van der Waals surface area contributed by atoms with E-state index in [1.165, 1.54) is 11.1 Å². The van der Waals surface area contributed by atoms with Crippen molar-refractivity contribution in [2.45, 2.75) is 26.7 Å².